The maximum absolute atomic E-state index is 5.95. The van der Waals surface area contributed by atoms with Crippen molar-refractivity contribution in [2.24, 2.45) is 5.73 Å². The van der Waals surface area contributed by atoms with Crippen molar-refractivity contribution in [1.29, 1.82) is 0 Å². The van der Waals surface area contributed by atoms with Crippen molar-refractivity contribution in [3.63, 3.8) is 0 Å². The first kappa shape index (κ1) is 10.8. The molecular formula is C12H12N6. The number of rotatable bonds is 2. The summed E-state index contributed by atoms with van der Waals surface area (Å²) in [5.74, 6) is 0.626. The van der Waals surface area contributed by atoms with Gasteiger partial charge in [-0.05, 0) is 19.1 Å². The minimum atomic E-state index is -0.221. The Morgan fingerprint density at radius 3 is 2.50 bits per heavy atom. The molecule has 0 spiro atoms. The van der Waals surface area contributed by atoms with Gasteiger partial charge in [0, 0.05) is 6.04 Å². The molecule has 0 aliphatic rings. The highest BCUT2D eigenvalue weighted by Gasteiger charge is 2.14. The molecule has 1 aromatic carbocycles. The van der Waals surface area contributed by atoms with E-state index in [0.717, 1.165) is 11.0 Å². The third kappa shape index (κ3) is 1.72. The zero-order valence-electron chi connectivity index (χ0n) is 9.85. The third-order valence-electron chi connectivity index (χ3n) is 2.65. The van der Waals surface area contributed by atoms with E-state index >= 15 is 0 Å². The Balaban J connectivity index is 2.31. The number of hydrogen-bond donors (Lipinski definition) is 1. The molecule has 0 amide bonds. The predicted octanol–water partition coefficient (Wildman–Crippen LogP) is 1.23. The van der Waals surface area contributed by atoms with Crippen LogP contribution in [0.5, 0.6) is 0 Å². The average molecular weight is 240 g/mol. The standard InChI is InChI=1S/C12H12N6/c1-8(13)11-12(18-7-14-6-15-18)17-10-5-3-2-4-9(10)16-11/h2-8H,13H2,1H3. The van der Waals surface area contributed by atoms with Gasteiger partial charge >= 0.3 is 0 Å². The largest absolute Gasteiger partial charge is 0.323 e. The average Bonchev–Trinajstić information content (AvgIpc) is 2.91. The molecule has 0 fully saturated rings. The second-order valence-electron chi connectivity index (χ2n) is 4.05. The van der Waals surface area contributed by atoms with Crippen LogP contribution in [0.25, 0.3) is 16.9 Å². The van der Waals surface area contributed by atoms with Crippen LogP contribution in [-0.4, -0.2) is 24.7 Å². The Bertz CT molecular complexity index is 674. The number of nitrogens with zero attached hydrogens (tertiary/aromatic N) is 5. The van der Waals surface area contributed by atoms with Crippen molar-refractivity contribution >= 4 is 11.0 Å². The van der Waals surface area contributed by atoms with E-state index in [0.29, 0.717) is 11.5 Å². The summed E-state index contributed by atoms with van der Waals surface area (Å²) >= 11 is 0. The van der Waals surface area contributed by atoms with Gasteiger partial charge in [0.2, 0.25) is 0 Å². The van der Waals surface area contributed by atoms with Crippen molar-refractivity contribution in [2.75, 3.05) is 0 Å². The highest BCUT2D eigenvalue weighted by Crippen LogP contribution is 2.19. The van der Waals surface area contributed by atoms with E-state index < -0.39 is 0 Å². The molecule has 0 aliphatic carbocycles. The Morgan fingerprint density at radius 2 is 1.89 bits per heavy atom. The number of nitrogens with two attached hydrogens (primary N) is 1. The quantitative estimate of drug-likeness (QED) is 0.728. The Morgan fingerprint density at radius 1 is 1.17 bits per heavy atom. The Kier molecular flexibility index (Phi) is 2.49. The van der Waals surface area contributed by atoms with Crippen molar-refractivity contribution in [1.82, 2.24) is 24.7 Å². The van der Waals surface area contributed by atoms with Crippen LogP contribution in [0.3, 0.4) is 0 Å². The number of para-hydroxylation sites is 2. The highest BCUT2D eigenvalue weighted by molar-refractivity contribution is 5.75. The van der Waals surface area contributed by atoms with Gasteiger partial charge in [-0.2, -0.15) is 5.10 Å². The van der Waals surface area contributed by atoms with Crippen LogP contribution in [0, 0.1) is 0 Å². The summed E-state index contributed by atoms with van der Waals surface area (Å²) in [5, 5.41) is 4.08. The molecule has 6 nitrogen and oxygen atoms in total. The molecular weight excluding hydrogens is 228 g/mol. The van der Waals surface area contributed by atoms with E-state index in [9.17, 15) is 0 Å². The van der Waals surface area contributed by atoms with Gasteiger partial charge in [-0.3, -0.25) is 0 Å². The SMILES string of the molecule is CC(N)c1nc2ccccc2nc1-n1cncn1. The van der Waals surface area contributed by atoms with Gasteiger partial charge in [0.15, 0.2) is 5.82 Å². The second-order valence-corrected chi connectivity index (χ2v) is 4.05. The van der Waals surface area contributed by atoms with E-state index in [1.54, 1.807) is 11.0 Å². The summed E-state index contributed by atoms with van der Waals surface area (Å²) in [7, 11) is 0. The lowest BCUT2D eigenvalue weighted by molar-refractivity contribution is 0.737. The van der Waals surface area contributed by atoms with Crippen molar-refractivity contribution in [2.45, 2.75) is 13.0 Å². The van der Waals surface area contributed by atoms with Gasteiger partial charge in [0.05, 0.1) is 11.0 Å². The van der Waals surface area contributed by atoms with Crippen molar-refractivity contribution < 1.29 is 0 Å². The second kappa shape index (κ2) is 4.15. The van der Waals surface area contributed by atoms with Crippen LogP contribution in [0.1, 0.15) is 18.7 Å². The van der Waals surface area contributed by atoms with Gasteiger partial charge in [0.1, 0.15) is 18.3 Å². The van der Waals surface area contributed by atoms with Crippen LogP contribution in [0.15, 0.2) is 36.9 Å². The lowest BCUT2D eigenvalue weighted by Gasteiger charge is -2.11. The van der Waals surface area contributed by atoms with Crippen molar-refractivity contribution in [3.8, 4) is 5.82 Å². The molecule has 0 saturated carbocycles. The molecule has 0 aliphatic heterocycles. The first-order chi connectivity index (χ1) is 8.75. The molecule has 3 aromatic rings. The number of benzene rings is 1. The van der Waals surface area contributed by atoms with Gasteiger partial charge in [-0.25, -0.2) is 19.6 Å². The summed E-state index contributed by atoms with van der Waals surface area (Å²) in [5.41, 5.74) is 8.30. The molecule has 3 rings (SSSR count). The minimum absolute atomic E-state index is 0.221. The smallest absolute Gasteiger partial charge is 0.179 e. The number of aromatic nitrogens is 5. The molecule has 6 heteroatoms. The third-order valence-corrected chi connectivity index (χ3v) is 2.65. The van der Waals surface area contributed by atoms with E-state index in [1.807, 2.05) is 31.2 Å². The van der Waals surface area contributed by atoms with Crippen LogP contribution in [-0.2, 0) is 0 Å². The number of hydrogen-bond acceptors (Lipinski definition) is 5. The molecule has 0 radical (unpaired) electrons. The lowest BCUT2D eigenvalue weighted by atomic mass is 10.2. The molecule has 2 heterocycles. The Hall–Kier alpha value is -2.34. The summed E-state index contributed by atoms with van der Waals surface area (Å²) in [6.45, 7) is 1.87. The monoisotopic (exact) mass is 240 g/mol. The van der Waals surface area contributed by atoms with Crippen LogP contribution < -0.4 is 5.73 Å². The molecule has 1 unspecified atom stereocenters. The topological polar surface area (TPSA) is 82.5 Å². The molecule has 2 aromatic heterocycles. The van der Waals surface area contributed by atoms with Gasteiger partial charge in [-0.15, -0.1) is 0 Å². The number of fused-ring (bicyclic) bond motifs is 1. The lowest BCUT2D eigenvalue weighted by Crippen LogP contribution is -2.14. The van der Waals surface area contributed by atoms with Gasteiger partial charge < -0.3 is 5.73 Å². The molecule has 0 saturated heterocycles. The molecule has 90 valence electrons. The van der Waals surface area contributed by atoms with E-state index in [2.05, 4.69) is 20.1 Å². The molecule has 18 heavy (non-hydrogen) atoms. The predicted molar refractivity (Wildman–Crippen MR) is 67.1 cm³/mol. The molecule has 0 bridgehead atoms. The van der Waals surface area contributed by atoms with E-state index in [-0.39, 0.29) is 6.04 Å². The van der Waals surface area contributed by atoms with E-state index in [1.165, 1.54) is 6.33 Å². The summed E-state index contributed by atoms with van der Waals surface area (Å²) in [4.78, 5) is 13.0. The first-order valence-electron chi connectivity index (χ1n) is 5.63. The zero-order chi connectivity index (χ0) is 12.5. The van der Waals surface area contributed by atoms with Gasteiger partial charge in [0.25, 0.3) is 0 Å². The molecule has 2 N–H and O–H groups in total. The van der Waals surface area contributed by atoms with Crippen LogP contribution in [0.2, 0.25) is 0 Å². The van der Waals surface area contributed by atoms with Gasteiger partial charge in [-0.1, -0.05) is 12.1 Å². The highest BCUT2D eigenvalue weighted by atomic mass is 15.3. The maximum Gasteiger partial charge on any atom is 0.179 e. The fourth-order valence-corrected chi connectivity index (χ4v) is 1.80. The van der Waals surface area contributed by atoms with E-state index in [4.69, 9.17) is 5.73 Å². The maximum atomic E-state index is 5.95. The first-order valence-corrected chi connectivity index (χ1v) is 5.63. The van der Waals surface area contributed by atoms with Crippen molar-refractivity contribution in [3.05, 3.63) is 42.6 Å². The summed E-state index contributed by atoms with van der Waals surface area (Å²) in [6.07, 6.45) is 3.05. The summed E-state index contributed by atoms with van der Waals surface area (Å²) in [6, 6.07) is 7.46. The fraction of sp³-hybridized carbons (Fsp3) is 0.167. The van der Waals surface area contributed by atoms with Crippen LogP contribution >= 0.6 is 0 Å². The normalized spacial score (nSPS) is 12.8. The Labute approximate surface area is 104 Å². The van der Waals surface area contributed by atoms with Crippen LogP contribution in [0.4, 0.5) is 0 Å². The molecule has 1 atom stereocenters. The zero-order valence-corrected chi connectivity index (χ0v) is 9.85. The fourth-order valence-electron chi connectivity index (χ4n) is 1.80. The summed E-state index contributed by atoms with van der Waals surface area (Å²) < 4.78 is 1.58. The minimum Gasteiger partial charge on any atom is -0.323 e.